The zero-order valence-electron chi connectivity index (χ0n) is 26.6. The van der Waals surface area contributed by atoms with Crippen molar-refractivity contribution in [1.29, 1.82) is 0 Å². The smallest absolute Gasteiger partial charge is 0.111 e. The molecule has 48 heavy (non-hydrogen) atoms. The zero-order valence-corrected chi connectivity index (χ0v) is 26.6. The van der Waals surface area contributed by atoms with E-state index in [1.54, 1.807) is 0 Å². The Balaban J connectivity index is 1.32. The van der Waals surface area contributed by atoms with Crippen LogP contribution in [0.4, 0.5) is 0 Å². The van der Waals surface area contributed by atoms with Crippen LogP contribution in [0.5, 0.6) is 0 Å². The van der Waals surface area contributed by atoms with Crippen molar-refractivity contribution in [2.45, 2.75) is 6.92 Å². The third-order valence-electron chi connectivity index (χ3n) is 9.49. The van der Waals surface area contributed by atoms with E-state index in [0.29, 0.717) is 0 Å². The maximum atomic E-state index is 4.86. The van der Waals surface area contributed by atoms with Crippen LogP contribution in [0.15, 0.2) is 176 Å². The lowest BCUT2D eigenvalue weighted by molar-refractivity contribution is 1.00. The van der Waals surface area contributed by atoms with E-state index < -0.39 is 0 Å². The number of hydrogen-bond donors (Lipinski definition) is 0. The first-order chi connectivity index (χ1) is 23.7. The molecular formula is C46H32N2. The van der Waals surface area contributed by atoms with Gasteiger partial charge in [-0.05, 0) is 115 Å². The Morgan fingerprint density at radius 1 is 0.375 bits per heavy atom. The molecule has 0 spiro atoms. The van der Waals surface area contributed by atoms with Gasteiger partial charge in [0.05, 0.1) is 11.0 Å². The number of hydrogen-bond acceptors (Lipinski definition) is 1. The lowest BCUT2D eigenvalue weighted by Crippen LogP contribution is -1.97. The van der Waals surface area contributed by atoms with Gasteiger partial charge in [-0.15, -0.1) is 0 Å². The molecule has 9 aromatic rings. The summed E-state index contributed by atoms with van der Waals surface area (Å²) in [4.78, 5) is 4.86. The minimum absolute atomic E-state index is 0.978. The number of aromatic nitrogens is 2. The number of nitrogens with zero attached hydrogens (tertiary/aromatic N) is 2. The molecular weight excluding hydrogens is 581 g/mol. The number of aryl methyl sites for hydroxylation is 1. The molecule has 1 aromatic heterocycles. The summed E-state index contributed by atoms with van der Waals surface area (Å²) in [6, 6.07) is 63.6. The van der Waals surface area contributed by atoms with Crippen LogP contribution < -0.4 is 0 Å². The second-order valence-electron chi connectivity index (χ2n) is 12.4. The predicted octanol–water partition coefficient (Wildman–Crippen LogP) is 12.3. The fourth-order valence-electron chi connectivity index (χ4n) is 7.39. The highest BCUT2D eigenvalue weighted by Gasteiger charge is 2.19. The third kappa shape index (κ3) is 4.70. The Kier molecular flexibility index (Phi) is 6.72. The second kappa shape index (κ2) is 11.5. The molecule has 8 aromatic carbocycles. The van der Waals surface area contributed by atoms with Gasteiger partial charge in [-0.1, -0.05) is 133 Å². The SMILES string of the molecule is Cc1nc2ccccc2n1-c1cccc(-c2c3ccccc3c(-c3cc(-c4ccccc4)cc(-c4ccccc4)c3)c3ccccc23)c1. The fraction of sp³-hybridized carbons (Fsp3) is 0.0217. The van der Waals surface area contributed by atoms with Crippen LogP contribution >= 0.6 is 0 Å². The van der Waals surface area contributed by atoms with Gasteiger partial charge in [0.25, 0.3) is 0 Å². The Morgan fingerprint density at radius 3 is 1.42 bits per heavy atom. The third-order valence-corrected chi connectivity index (χ3v) is 9.49. The summed E-state index contributed by atoms with van der Waals surface area (Å²) in [5.74, 6) is 0.978. The van der Waals surface area contributed by atoms with E-state index in [0.717, 1.165) is 22.5 Å². The van der Waals surface area contributed by atoms with Crippen LogP contribution in [-0.4, -0.2) is 9.55 Å². The Bertz CT molecular complexity index is 2500. The summed E-state index contributed by atoms with van der Waals surface area (Å²) in [6.45, 7) is 2.08. The van der Waals surface area contributed by atoms with Gasteiger partial charge in [-0.3, -0.25) is 4.57 Å². The molecule has 0 fully saturated rings. The molecule has 0 aliphatic carbocycles. The second-order valence-corrected chi connectivity index (χ2v) is 12.4. The molecule has 2 heteroatoms. The van der Waals surface area contributed by atoms with E-state index in [1.165, 1.54) is 66.1 Å². The number of para-hydroxylation sites is 2. The van der Waals surface area contributed by atoms with Gasteiger partial charge in [-0.2, -0.15) is 0 Å². The maximum Gasteiger partial charge on any atom is 0.111 e. The topological polar surface area (TPSA) is 17.8 Å². The zero-order chi connectivity index (χ0) is 32.0. The van der Waals surface area contributed by atoms with Gasteiger partial charge in [0.15, 0.2) is 0 Å². The molecule has 0 atom stereocenters. The summed E-state index contributed by atoms with van der Waals surface area (Å²) in [5, 5.41) is 4.96. The van der Waals surface area contributed by atoms with Crippen molar-refractivity contribution in [2.24, 2.45) is 0 Å². The van der Waals surface area contributed by atoms with Gasteiger partial charge in [0.2, 0.25) is 0 Å². The average Bonchev–Trinajstić information content (AvgIpc) is 3.50. The minimum atomic E-state index is 0.978. The molecule has 0 unspecified atom stereocenters. The van der Waals surface area contributed by atoms with E-state index >= 15 is 0 Å². The van der Waals surface area contributed by atoms with Gasteiger partial charge in [0.1, 0.15) is 5.82 Å². The molecule has 0 aliphatic heterocycles. The minimum Gasteiger partial charge on any atom is -0.297 e. The maximum absolute atomic E-state index is 4.86. The van der Waals surface area contributed by atoms with Crippen molar-refractivity contribution >= 4 is 32.6 Å². The molecule has 2 nitrogen and oxygen atoms in total. The number of fused-ring (bicyclic) bond motifs is 3. The highest BCUT2D eigenvalue weighted by molar-refractivity contribution is 6.21. The monoisotopic (exact) mass is 612 g/mol. The lowest BCUT2D eigenvalue weighted by atomic mass is 9.84. The van der Waals surface area contributed by atoms with Crippen molar-refractivity contribution in [3.63, 3.8) is 0 Å². The van der Waals surface area contributed by atoms with Crippen LogP contribution in [0.1, 0.15) is 5.82 Å². The summed E-state index contributed by atoms with van der Waals surface area (Å²) >= 11 is 0. The molecule has 0 amide bonds. The first-order valence-corrected chi connectivity index (χ1v) is 16.5. The first-order valence-electron chi connectivity index (χ1n) is 16.5. The molecule has 0 N–H and O–H groups in total. The van der Waals surface area contributed by atoms with Gasteiger partial charge >= 0.3 is 0 Å². The van der Waals surface area contributed by atoms with Crippen LogP contribution in [0, 0.1) is 6.92 Å². The van der Waals surface area contributed by atoms with Crippen LogP contribution in [0.2, 0.25) is 0 Å². The molecule has 0 radical (unpaired) electrons. The summed E-state index contributed by atoms with van der Waals surface area (Å²) < 4.78 is 2.26. The molecule has 226 valence electrons. The Morgan fingerprint density at radius 2 is 0.833 bits per heavy atom. The van der Waals surface area contributed by atoms with E-state index in [2.05, 4.69) is 181 Å². The number of imidazole rings is 1. The number of benzene rings is 8. The summed E-state index contributed by atoms with van der Waals surface area (Å²) in [7, 11) is 0. The molecule has 0 saturated heterocycles. The highest BCUT2D eigenvalue weighted by atomic mass is 15.1. The van der Waals surface area contributed by atoms with Crippen LogP contribution in [0.3, 0.4) is 0 Å². The fourth-order valence-corrected chi connectivity index (χ4v) is 7.39. The van der Waals surface area contributed by atoms with Gasteiger partial charge in [-0.25, -0.2) is 4.98 Å². The molecule has 0 saturated carbocycles. The summed E-state index contributed by atoms with van der Waals surface area (Å²) in [6.07, 6.45) is 0. The largest absolute Gasteiger partial charge is 0.297 e. The van der Waals surface area contributed by atoms with Crippen molar-refractivity contribution < 1.29 is 0 Å². The molecule has 9 rings (SSSR count). The van der Waals surface area contributed by atoms with E-state index in [9.17, 15) is 0 Å². The number of rotatable bonds is 5. The normalized spacial score (nSPS) is 11.4. The van der Waals surface area contributed by atoms with Crippen molar-refractivity contribution in [3.05, 3.63) is 182 Å². The Hall–Kier alpha value is -6.25. The summed E-state index contributed by atoms with van der Waals surface area (Å²) in [5.41, 5.74) is 13.0. The molecule has 1 heterocycles. The van der Waals surface area contributed by atoms with Crippen molar-refractivity contribution in [2.75, 3.05) is 0 Å². The van der Waals surface area contributed by atoms with E-state index in [-0.39, 0.29) is 0 Å². The van der Waals surface area contributed by atoms with Crippen LogP contribution in [0.25, 0.3) is 82.8 Å². The van der Waals surface area contributed by atoms with E-state index in [1.807, 2.05) is 6.07 Å². The Labute approximate surface area is 280 Å². The first kappa shape index (κ1) is 28.0. The molecule has 0 bridgehead atoms. The van der Waals surface area contributed by atoms with Gasteiger partial charge in [0, 0.05) is 5.69 Å². The highest BCUT2D eigenvalue weighted by Crippen LogP contribution is 2.45. The van der Waals surface area contributed by atoms with Gasteiger partial charge < -0.3 is 0 Å². The lowest BCUT2D eigenvalue weighted by Gasteiger charge is -2.19. The van der Waals surface area contributed by atoms with Crippen molar-refractivity contribution in [3.8, 4) is 50.2 Å². The van der Waals surface area contributed by atoms with E-state index in [4.69, 9.17) is 4.98 Å². The van der Waals surface area contributed by atoms with Crippen molar-refractivity contribution in [1.82, 2.24) is 9.55 Å². The molecule has 0 aliphatic rings. The predicted molar refractivity (Wildman–Crippen MR) is 203 cm³/mol. The quantitative estimate of drug-likeness (QED) is 0.177. The average molecular weight is 613 g/mol. The van der Waals surface area contributed by atoms with Crippen LogP contribution in [-0.2, 0) is 0 Å². The standard InChI is InChI=1S/C46H32N2/c1-31-47-43-25-12-13-26-44(43)48(31)38-20-14-19-34(30-38)45-39-21-8-10-23-41(39)46(42-24-11-9-22-40(42)45)37-28-35(32-15-4-2-5-16-32)27-36(29-37)33-17-6-3-7-18-33/h2-30H,1H3.